The number of amides is 4. The van der Waals surface area contributed by atoms with Crippen molar-refractivity contribution in [3.63, 3.8) is 0 Å². The number of nitrogens with one attached hydrogen (secondary N) is 2. The lowest BCUT2D eigenvalue weighted by molar-refractivity contribution is -0.124. The van der Waals surface area contributed by atoms with Gasteiger partial charge in [-0.05, 0) is 49.2 Å². The summed E-state index contributed by atoms with van der Waals surface area (Å²) >= 11 is 0. The van der Waals surface area contributed by atoms with Gasteiger partial charge < -0.3 is 19.7 Å². The third-order valence-corrected chi connectivity index (χ3v) is 5.28. The standard InChI is InChI=1S/C22H23N3O5/c1-13(2)30-16-8-5-15(6-9-16)22(20(27)23-21(28)24-22)12-25-11-14-4-7-17(29-3)10-18(14)19(25)26/h4-10,13H,11-12H2,1-3H3,(H2,23,24,27,28)/t22-/m0/s1. The van der Waals surface area contributed by atoms with Gasteiger partial charge in [0.15, 0.2) is 5.54 Å². The first kappa shape index (κ1) is 19.8. The lowest BCUT2D eigenvalue weighted by Gasteiger charge is -2.31. The molecule has 2 aliphatic heterocycles. The Morgan fingerprint density at radius 3 is 2.37 bits per heavy atom. The largest absolute Gasteiger partial charge is 0.497 e. The van der Waals surface area contributed by atoms with Gasteiger partial charge in [0, 0.05) is 12.1 Å². The fourth-order valence-corrected chi connectivity index (χ4v) is 3.87. The molecule has 2 N–H and O–H groups in total. The van der Waals surface area contributed by atoms with E-state index >= 15 is 0 Å². The van der Waals surface area contributed by atoms with Crippen molar-refractivity contribution < 1.29 is 23.9 Å². The Labute approximate surface area is 174 Å². The maximum atomic E-state index is 13.0. The molecular formula is C22H23N3O5. The van der Waals surface area contributed by atoms with Crippen molar-refractivity contribution in [3.8, 4) is 11.5 Å². The van der Waals surface area contributed by atoms with Crippen LogP contribution in [0, 0.1) is 0 Å². The van der Waals surface area contributed by atoms with Crippen molar-refractivity contribution in [2.75, 3.05) is 13.7 Å². The number of benzene rings is 2. The maximum Gasteiger partial charge on any atom is 0.322 e. The topological polar surface area (TPSA) is 97.0 Å². The highest BCUT2D eigenvalue weighted by molar-refractivity contribution is 6.08. The van der Waals surface area contributed by atoms with E-state index in [1.165, 1.54) is 0 Å². The lowest BCUT2D eigenvalue weighted by Crippen LogP contribution is -2.52. The highest BCUT2D eigenvalue weighted by atomic mass is 16.5. The number of carbonyl (C=O) groups is 3. The fraction of sp³-hybridized carbons (Fsp3) is 0.318. The Morgan fingerprint density at radius 2 is 1.77 bits per heavy atom. The van der Waals surface area contributed by atoms with Crippen molar-refractivity contribution >= 4 is 17.8 Å². The van der Waals surface area contributed by atoms with Gasteiger partial charge >= 0.3 is 6.03 Å². The van der Waals surface area contributed by atoms with Gasteiger partial charge in [-0.15, -0.1) is 0 Å². The van der Waals surface area contributed by atoms with E-state index in [9.17, 15) is 14.4 Å². The van der Waals surface area contributed by atoms with Gasteiger partial charge in [-0.3, -0.25) is 14.9 Å². The predicted octanol–water partition coefficient (Wildman–Crippen LogP) is 2.17. The second-order valence-electron chi connectivity index (χ2n) is 7.69. The Balaban J connectivity index is 1.65. The third kappa shape index (κ3) is 3.34. The minimum absolute atomic E-state index is 0.00475. The molecule has 2 heterocycles. The molecule has 156 valence electrons. The molecule has 2 aliphatic rings. The highest BCUT2D eigenvalue weighted by Crippen LogP contribution is 2.33. The number of nitrogens with zero attached hydrogens (tertiary/aromatic N) is 1. The zero-order chi connectivity index (χ0) is 21.5. The molecule has 0 aliphatic carbocycles. The summed E-state index contributed by atoms with van der Waals surface area (Å²) in [5, 5.41) is 5.03. The molecule has 4 rings (SSSR count). The van der Waals surface area contributed by atoms with Gasteiger partial charge in [0.25, 0.3) is 11.8 Å². The van der Waals surface area contributed by atoms with Crippen molar-refractivity contribution in [1.29, 1.82) is 0 Å². The smallest absolute Gasteiger partial charge is 0.322 e. The molecule has 0 spiro atoms. The minimum Gasteiger partial charge on any atom is -0.497 e. The van der Waals surface area contributed by atoms with Crippen LogP contribution in [0.4, 0.5) is 4.79 Å². The van der Waals surface area contributed by atoms with Gasteiger partial charge in [-0.25, -0.2) is 4.79 Å². The van der Waals surface area contributed by atoms with Gasteiger partial charge in [-0.2, -0.15) is 0 Å². The number of carbonyl (C=O) groups excluding carboxylic acids is 3. The molecule has 4 amide bonds. The first-order chi connectivity index (χ1) is 14.3. The molecule has 2 aromatic rings. The quantitative estimate of drug-likeness (QED) is 0.713. The summed E-state index contributed by atoms with van der Waals surface area (Å²) in [6.07, 6.45) is 0.0111. The first-order valence-electron chi connectivity index (χ1n) is 9.69. The lowest BCUT2D eigenvalue weighted by atomic mass is 9.89. The summed E-state index contributed by atoms with van der Waals surface area (Å²) in [6.45, 7) is 4.19. The molecule has 0 saturated carbocycles. The van der Waals surface area contributed by atoms with Crippen LogP contribution >= 0.6 is 0 Å². The van der Waals surface area contributed by atoms with E-state index in [0.717, 1.165) is 5.56 Å². The summed E-state index contributed by atoms with van der Waals surface area (Å²) in [6, 6.07) is 11.7. The van der Waals surface area contributed by atoms with Gasteiger partial charge in [0.05, 0.1) is 19.8 Å². The zero-order valence-corrected chi connectivity index (χ0v) is 17.0. The summed E-state index contributed by atoms with van der Waals surface area (Å²) in [4.78, 5) is 39.4. The van der Waals surface area contributed by atoms with E-state index < -0.39 is 17.5 Å². The number of hydrogen-bond donors (Lipinski definition) is 2. The predicted molar refractivity (Wildman–Crippen MR) is 108 cm³/mol. The second kappa shape index (κ2) is 7.37. The summed E-state index contributed by atoms with van der Waals surface area (Å²) in [7, 11) is 1.54. The molecule has 0 bridgehead atoms. The normalized spacial score (nSPS) is 20.3. The molecule has 1 atom stereocenters. The Bertz CT molecular complexity index is 1020. The van der Waals surface area contributed by atoms with Crippen molar-refractivity contribution in [2.45, 2.75) is 32.0 Å². The van der Waals surface area contributed by atoms with Crippen LogP contribution in [0.3, 0.4) is 0 Å². The van der Waals surface area contributed by atoms with Gasteiger partial charge in [-0.1, -0.05) is 18.2 Å². The van der Waals surface area contributed by atoms with Crippen LogP contribution < -0.4 is 20.1 Å². The molecule has 2 aromatic carbocycles. The van der Waals surface area contributed by atoms with Crippen molar-refractivity contribution in [2.24, 2.45) is 0 Å². The van der Waals surface area contributed by atoms with E-state index in [-0.39, 0.29) is 18.6 Å². The number of ether oxygens (including phenoxy) is 2. The molecule has 1 saturated heterocycles. The van der Waals surface area contributed by atoms with E-state index in [2.05, 4.69) is 10.6 Å². The molecule has 0 radical (unpaired) electrons. The van der Waals surface area contributed by atoms with Crippen LogP contribution in [0.5, 0.6) is 11.5 Å². The van der Waals surface area contributed by atoms with Crippen molar-refractivity contribution in [1.82, 2.24) is 15.5 Å². The van der Waals surface area contributed by atoms with Crippen LogP contribution in [0.25, 0.3) is 0 Å². The molecular weight excluding hydrogens is 386 g/mol. The number of rotatable bonds is 6. The molecule has 0 unspecified atom stereocenters. The highest BCUT2D eigenvalue weighted by Gasteiger charge is 2.50. The Kier molecular flexibility index (Phi) is 4.85. The number of imide groups is 1. The summed E-state index contributed by atoms with van der Waals surface area (Å²) < 4.78 is 10.9. The maximum absolute atomic E-state index is 13.0. The van der Waals surface area contributed by atoms with E-state index in [4.69, 9.17) is 9.47 Å². The average Bonchev–Trinajstić information content (AvgIpc) is 3.17. The number of methoxy groups -OCH3 is 1. The summed E-state index contributed by atoms with van der Waals surface area (Å²) in [5.74, 6) is 0.542. The number of urea groups is 1. The van der Waals surface area contributed by atoms with Crippen LogP contribution in [0.1, 0.15) is 35.3 Å². The summed E-state index contributed by atoms with van der Waals surface area (Å²) in [5.41, 5.74) is 0.578. The minimum atomic E-state index is -1.38. The molecule has 30 heavy (non-hydrogen) atoms. The average molecular weight is 409 g/mol. The van der Waals surface area contributed by atoms with E-state index in [0.29, 0.717) is 29.2 Å². The molecule has 8 heteroatoms. The number of hydrogen-bond acceptors (Lipinski definition) is 5. The van der Waals surface area contributed by atoms with Crippen LogP contribution in [-0.4, -0.2) is 42.5 Å². The van der Waals surface area contributed by atoms with Crippen LogP contribution in [-0.2, 0) is 16.9 Å². The van der Waals surface area contributed by atoms with Gasteiger partial charge in [0.1, 0.15) is 11.5 Å². The SMILES string of the molecule is COc1ccc2c(c1)C(=O)N(C[C@@]1(c3ccc(OC(C)C)cc3)NC(=O)NC1=O)C2. The van der Waals surface area contributed by atoms with Crippen LogP contribution in [0.15, 0.2) is 42.5 Å². The molecule has 0 aromatic heterocycles. The molecule has 1 fully saturated rings. The van der Waals surface area contributed by atoms with E-state index in [1.807, 2.05) is 19.9 Å². The van der Waals surface area contributed by atoms with Crippen LogP contribution in [0.2, 0.25) is 0 Å². The zero-order valence-electron chi connectivity index (χ0n) is 17.0. The third-order valence-electron chi connectivity index (χ3n) is 5.28. The number of fused-ring (bicyclic) bond motifs is 1. The second-order valence-corrected chi connectivity index (χ2v) is 7.69. The molecule has 8 nitrogen and oxygen atoms in total. The monoisotopic (exact) mass is 409 g/mol. The fourth-order valence-electron chi connectivity index (χ4n) is 3.87. The first-order valence-corrected chi connectivity index (χ1v) is 9.69. The van der Waals surface area contributed by atoms with E-state index in [1.54, 1.807) is 48.4 Å². The van der Waals surface area contributed by atoms with Crippen molar-refractivity contribution in [3.05, 3.63) is 59.2 Å². The Hall–Kier alpha value is -3.55. The Morgan fingerprint density at radius 1 is 1.07 bits per heavy atom. The van der Waals surface area contributed by atoms with Gasteiger partial charge in [0.2, 0.25) is 0 Å².